The van der Waals surface area contributed by atoms with Crippen molar-refractivity contribution >= 4 is 39.9 Å². The summed E-state index contributed by atoms with van der Waals surface area (Å²) in [6.45, 7) is 0.314. The number of halogens is 2. The minimum atomic E-state index is -0.171. The maximum atomic E-state index is 12.5. The normalized spacial score (nSPS) is 10.4. The van der Waals surface area contributed by atoms with Gasteiger partial charge in [-0.3, -0.25) is 14.6 Å². The Morgan fingerprint density at radius 3 is 2.63 bits per heavy atom. The van der Waals surface area contributed by atoms with E-state index in [2.05, 4.69) is 10.3 Å². The smallest absolute Gasteiger partial charge is 0.266 e. The van der Waals surface area contributed by atoms with E-state index in [1.807, 2.05) is 30.3 Å². The van der Waals surface area contributed by atoms with Gasteiger partial charge in [0.1, 0.15) is 12.4 Å². The molecule has 1 amide bonds. The van der Waals surface area contributed by atoms with E-state index in [0.717, 1.165) is 10.9 Å². The molecule has 30 heavy (non-hydrogen) atoms. The van der Waals surface area contributed by atoms with Gasteiger partial charge in [0.2, 0.25) is 12.1 Å². The highest BCUT2D eigenvalue weighted by Crippen LogP contribution is 2.20. The molecule has 8 heteroatoms. The van der Waals surface area contributed by atoms with Crippen molar-refractivity contribution in [3.63, 3.8) is 0 Å². The van der Waals surface area contributed by atoms with Crippen LogP contribution in [0.15, 0.2) is 79.5 Å². The van der Waals surface area contributed by atoms with Crippen LogP contribution < -0.4 is 26.9 Å². The van der Waals surface area contributed by atoms with Gasteiger partial charge in [-0.05, 0) is 36.4 Å². The summed E-state index contributed by atoms with van der Waals surface area (Å²) in [7, 11) is 0. The van der Waals surface area contributed by atoms with Crippen molar-refractivity contribution in [3.8, 4) is 0 Å². The van der Waals surface area contributed by atoms with Gasteiger partial charge in [0.15, 0.2) is 13.1 Å². The first-order chi connectivity index (χ1) is 14.1. The molecule has 0 aliphatic rings. The molecule has 0 bridgehead atoms. The highest BCUT2D eigenvalue weighted by atomic mass is 79.9. The average Bonchev–Trinajstić information content (AvgIpc) is 3.15. The summed E-state index contributed by atoms with van der Waals surface area (Å²) in [4.78, 5) is 29.2. The van der Waals surface area contributed by atoms with Gasteiger partial charge in [-0.2, -0.15) is 0 Å². The zero-order chi connectivity index (χ0) is 20.2. The Kier molecular flexibility index (Phi) is 6.97. The largest absolute Gasteiger partial charge is 1.00 e. The Bertz CT molecular complexity index is 1190. The summed E-state index contributed by atoms with van der Waals surface area (Å²) in [6, 6.07) is 16.3. The van der Waals surface area contributed by atoms with Gasteiger partial charge in [-0.15, -0.1) is 0 Å². The van der Waals surface area contributed by atoms with Crippen molar-refractivity contribution in [1.29, 1.82) is 0 Å². The Morgan fingerprint density at radius 1 is 1.07 bits per heavy atom. The number of amides is 1. The SMILES string of the molecule is O=C(Cn1cc[n+](CC(=O)c2ccc(Cl)cc2)c1)Nc1cccc2cccnc12.[Br-]. The molecule has 0 aliphatic carbocycles. The van der Waals surface area contributed by atoms with Crippen LogP contribution in [0.4, 0.5) is 5.69 Å². The van der Waals surface area contributed by atoms with Crippen molar-refractivity contribution in [3.05, 3.63) is 90.1 Å². The molecule has 1 N–H and O–H groups in total. The van der Waals surface area contributed by atoms with Crippen LogP contribution in [-0.4, -0.2) is 21.2 Å². The maximum Gasteiger partial charge on any atom is 0.266 e. The Hall–Kier alpha value is -3.03. The predicted octanol–water partition coefficient (Wildman–Crippen LogP) is 0.503. The Balaban J connectivity index is 0.00000256. The number of imidazole rings is 1. The van der Waals surface area contributed by atoms with Gasteiger partial charge in [-0.1, -0.05) is 29.8 Å². The second kappa shape index (κ2) is 9.65. The third-order valence-electron chi connectivity index (χ3n) is 4.47. The second-order valence-corrected chi connectivity index (χ2v) is 7.05. The molecule has 2 aromatic carbocycles. The summed E-state index contributed by atoms with van der Waals surface area (Å²) in [5.41, 5.74) is 2.02. The second-order valence-electron chi connectivity index (χ2n) is 6.62. The van der Waals surface area contributed by atoms with Crippen molar-refractivity contribution in [2.24, 2.45) is 0 Å². The molecule has 0 spiro atoms. The van der Waals surface area contributed by atoms with E-state index in [1.54, 1.807) is 58.3 Å². The molecule has 2 aromatic heterocycles. The number of benzene rings is 2. The number of hydrogen-bond acceptors (Lipinski definition) is 3. The van der Waals surface area contributed by atoms with Crippen molar-refractivity contribution < 1.29 is 31.1 Å². The van der Waals surface area contributed by atoms with Crippen molar-refractivity contribution in [2.75, 3.05) is 5.32 Å². The van der Waals surface area contributed by atoms with Gasteiger partial charge in [-0.25, -0.2) is 9.13 Å². The number of Topliss-reactive ketones (excluding diaryl/α,β-unsaturated/α-hetero) is 1. The molecule has 0 atom stereocenters. The minimum absolute atomic E-state index is 0. The van der Waals surface area contributed by atoms with Crippen LogP contribution in [0, 0.1) is 0 Å². The number of nitrogens with one attached hydrogen (secondary N) is 1. The predicted molar refractivity (Wildman–Crippen MR) is 111 cm³/mol. The van der Waals surface area contributed by atoms with Crippen molar-refractivity contribution in [1.82, 2.24) is 9.55 Å². The van der Waals surface area contributed by atoms with E-state index >= 15 is 0 Å². The third-order valence-corrected chi connectivity index (χ3v) is 4.72. The molecule has 0 saturated heterocycles. The molecule has 2 heterocycles. The lowest BCUT2D eigenvalue weighted by atomic mass is 10.1. The Labute approximate surface area is 188 Å². The van der Waals surface area contributed by atoms with Crippen LogP contribution in [0.2, 0.25) is 5.02 Å². The van der Waals surface area contributed by atoms with Crippen LogP contribution in [0.3, 0.4) is 0 Å². The number of ketones is 1. The number of para-hydroxylation sites is 1. The quantitative estimate of drug-likeness (QED) is 0.320. The molecular weight excluding hydrogens is 468 g/mol. The standard InChI is InChI=1S/C22H17ClN4O2.BrH/c23-18-8-6-16(7-9-18)20(28)13-26-11-12-27(15-26)14-21(29)25-19-5-1-3-17-4-2-10-24-22(17)19;/h1-12,15H,13-14H2;1H. The van der Waals surface area contributed by atoms with Crippen LogP contribution in [-0.2, 0) is 17.9 Å². The number of carbonyl (C=O) groups excluding carboxylic acids is 2. The number of rotatable bonds is 6. The molecular formula is C22H18BrClN4O2. The van der Waals surface area contributed by atoms with E-state index in [-0.39, 0.29) is 41.8 Å². The zero-order valence-electron chi connectivity index (χ0n) is 15.8. The van der Waals surface area contributed by atoms with Crippen LogP contribution >= 0.6 is 11.6 Å². The number of pyridine rings is 1. The first-order valence-electron chi connectivity index (χ1n) is 9.06. The van der Waals surface area contributed by atoms with E-state index in [4.69, 9.17) is 11.6 Å². The van der Waals surface area contributed by atoms with Crippen LogP contribution in [0.1, 0.15) is 10.4 Å². The van der Waals surface area contributed by atoms with Crippen LogP contribution in [0.25, 0.3) is 10.9 Å². The minimum Gasteiger partial charge on any atom is -1.00 e. The van der Waals surface area contributed by atoms with Gasteiger partial charge < -0.3 is 22.3 Å². The van der Waals surface area contributed by atoms with Crippen molar-refractivity contribution in [2.45, 2.75) is 13.1 Å². The summed E-state index contributed by atoms with van der Waals surface area (Å²) >= 11 is 5.86. The number of anilines is 1. The van der Waals surface area contributed by atoms with Gasteiger partial charge in [0.25, 0.3) is 5.91 Å². The third kappa shape index (κ3) is 5.11. The van der Waals surface area contributed by atoms with E-state index in [9.17, 15) is 9.59 Å². The first-order valence-corrected chi connectivity index (χ1v) is 9.43. The molecule has 4 aromatic rings. The topological polar surface area (TPSA) is 67.9 Å². The molecule has 0 radical (unpaired) electrons. The lowest BCUT2D eigenvalue weighted by Gasteiger charge is -2.06. The number of hydrogen-bond donors (Lipinski definition) is 1. The number of nitrogens with zero attached hydrogens (tertiary/aromatic N) is 3. The first kappa shape index (κ1) is 21.7. The van der Waals surface area contributed by atoms with Gasteiger partial charge >= 0.3 is 0 Å². The highest BCUT2D eigenvalue weighted by Gasteiger charge is 2.14. The van der Waals surface area contributed by atoms with E-state index in [1.165, 1.54) is 0 Å². The summed E-state index contributed by atoms with van der Waals surface area (Å²) in [5, 5.41) is 4.46. The lowest BCUT2D eigenvalue weighted by Crippen LogP contribution is -3.00. The zero-order valence-corrected chi connectivity index (χ0v) is 18.2. The molecule has 6 nitrogen and oxygen atoms in total. The summed E-state index contributed by atoms with van der Waals surface area (Å²) in [6.07, 6.45) is 6.95. The number of fused-ring (bicyclic) bond motifs is 1. The van der Waals surface area contributed by atoms with Gasteiger partial charge in [0.05, 0.1) is 11.2 Å². The van der Waals surface area contributed by atoms with Crippen LogP contribution in [0.5, 0.6) is 0 Å². The fourth-order valence-corrected chi connectivity index (χ4v) is 3.21. The molecule has 0 saturated carbocycles. The summed E-state index contributed by atoms with van der Waals surface area (Å²) < 4.78 is 3.47. The van der Waals surface area contributed by atoms with E-state index < -0.39 is 0 Å². The monoisotopic (exact) mass is 484 g/mol. The molecule has 0 fully saturated rings. The molecule has 0 unspecified atom stereocenters. The Morgan fingerprint density at radius 2 is 1.83 bits per heavy atom. The maximum absolute atomic E-state index is 12.5. The van der Waals surface area contributed by atoms with Gasteiger partial charge in [0, 0.05) is 22.2 Å². The average molecular weight is 486 g/mol. The summed E-state index contributed by atoms with van der Waals surface area (Å²) in [5.74, 6) is -0.203. The molecule has 152 valence electrons. The highest BCUT2D eigenvalue weighted by molar-refractivity contribution is 6.30. The molecule has 4 rings (SSSR count). The lowest BCUT2D eigenvalue weighted by molar-refractivity contribution is -0.682. The fourth-order valence-electron chi connectivity index (χ4n) is 3.08. The number of carbonyl (C=O) groups is 2. The fraction of sp³-hybridized carbons (Fsp3) is 0.0909. The number of aromatic nitrogens is 3. The molecule has 0 aliphatic heterocycles. The van der Waals surface area contributed by atoms with E-state index in [0.29, 0.717) is 16.3 Å².